The number of hydrogen-bond acceptors (Lipinski definition) is 2. The van der Waals surface area contributed by atoms with Gasteiger partial charge in [-0.3, -0.25) is 0 Å². The SMILES string of the molecule is CCCCCC[C@H](C)CCCCS(=O)(=O)c1ccccc1. The Morgan fingerprint density at radius 2 is 1.52 bits per heavy atom. The first-order valence-electron chi connectivity index (χ1n) is 8.34. The van der Waals surface area contributed by atoms with Crippen molar-refractivity contribution in [3.05, 3.63) is 30.3 Å². The molecule has 0 spiro atoms. The Morgan fingerprint density at radius 3 is 2.14 bits per heavy atom. The molecule has 1 rings (SSSR count). The maximum atomic E-state index is 12.1. The molecule has 0 N–H and O–H groups in total. The topological polar surface area (TPSA) is 34.1 Å². The Morgan fingerprint density at radius 1 is 0.905 bits per heavy atom. The molecule has 3 heteroatoms. The van der Waals surface area contributed by atoms with Gasteiger partial charge in [0, 0.05) is 0 Å². The zero-order valence-corrected chi connectivity index (χ0v) is 14.4. The molecule has 0 saturated carbocycles. The third-order valence-electron chi connectivity index (χ3n) is 4.01. The lowest BCUT2D eigenvalue weighted by Crippen LogP contribution is -2.07. The van der Waals surface area contributed by atoms with Gasteiger partial charge in [0.2, 0.25) is 0 Å². The van der Waals surface area contributed by atoms with Gasteiger partial charge in [0.1, 0.15) is 0 Å². The van der Waals surface area contributed by atoms with Gasteiger partial charge in [-0.05, 0) is 24.5 Å². The van der Waals surface area contributed by atoms with E-state index in [9.17, 15) is 8.42 Å². The van der Waals surface area contributed by atoms with Crippen molar-refractivity contribution in [1.29, 1.82) is 0 Å². The molecule has 1 aromatic carbocycles. The molecule has 21 heavy (non-hydrogen) atoms. The highest BCUT2D eigenvalue weighted by molar-refractivity contribution is 7.91. The fourth-order valence-corrected chi connectivity index (χ4v) is 3.99. The van der Waals surface area contributed by atoms with Crippen molar-refractivity contribution in [3.63, 3.8) is 0 Å². The maximum absolute atomic E-state index is 12.1. The van der Waals surface area contributed by atoms with E-state index in [1.165, 1.54) is 32.1 Å². The predicted octanol–water partition coefficient (Wildman–Crippen LogP) is 5.24. The molecule has 0 bridgehead atoms. The number of sulfone groups is 1. The van der Waals surface area contributed by atoms with Crippen LogP contribution in [-0.2, 0) is 9.84 Å². The second kappa shape index (κ2) is 9.99. The summed E-state index contributed by atoms with van der Waals surface area (Å²) in [5, 5.41) is 0. The first-order chi connectivity index (χ1) is 10.1. The fourth-order valence-electron chi connectivity index (χ4n) is 2.59. The van der Waals surface area contributed by atoms with Crippen molar-refractivity contribution in [1.82, 2.24) is 0 Å². The van der Waals surface area contributed by atoms with Crippen LogP contribution in [0.4, 0.5) is 0 Å². The van der Waals surface area contributed by atoms with Gasteiger partial charge in [-0.25, -0.2) is 8.42 Å². The minimum absolute atomic E-state index is 0.277. The van der Waals surface area contributed by atoms with E-state index in [2.05, 4.69) is 13.8 Å². The summed E-state index contributed by atoms with van der Waals surface area (Å²) < 4.78 is 24.2. The summed E-state index contributed by atoms with van der Waals surface area (Å²) in [6, 6.07) is 8.78. The van der Waals surface area contributed by atoms with Crippen molar-refractivity contribution in [2.45, 2.75) is 70.1 Å². The van der Waals surface area contributed by atoms with E-state index < -0.39 is 9.84 Å². The molecular formula is C18H30O2S. The van der Waals surface area contributed by atoms with E-state index in [0.29, 0.717) is 4.90 Å². The van der Waals surface area contributed by atoms with E-state index in [4.69, 9.17) is 0 Å². The normalized spacial score (nSPS) is 13.2. The monoisotopic (exact) mass is 310 g/mol. The van der Waals surface area contributed by atoms with Gasteiger partial charge in [0.25, 0.3) is 0 Å². The van der Waals surface area contributed by atoms with Crippen molar-refractivity contribution < 1.29 is 8.42 Å². The second-order valence-electron chi connectivity index (χ2n) is 6.08. The van der Waals surface area contributed by atoms with Gasteiger partial charge in [-0.15, -0.1) is 0 Å². The van der Waals surface area contributed by atoms with Crippen LogP contribution in [0.3, 0.4) is 0 Å². The Labute approximate surface area is 130 Å². The third kappa shape index (κ3) is 7.66. The van der Waals surface area contributed by atoms with Gasteiger partial charge in [-0.2, -0.15) is 0 Å². The van der Waals surface area contributed by atoms with Crippen molar-refractivity contribution in [2.24, 2.45) is 5.92 Å². The highest BCUT2D eigenvalue weighted by Crippen LogP contribution is 2.18. The van der Waals surface area contributed by atoms with Gasteiger partial charge >= 0.3 is 0 Å². The van der Waals surface area contributed by atoms with Crippen LogP contribution in [0.2, 0.25) is 0 Å². The zero-order chi connectivity index (χ0) is 15.6. The molecule has 0 aromatic heterocycles. The molecule has 1 aromatic rings. The van der Waals surface area contributed by atoms with Crippen LogP contribution in [0.5, 0.6) is 0 Å². The lowest BCUT2D eigenvalue weighted by Gasteiger charge is -2.11. The average molecular weight is 311 g/mol. The summed E-state index contributed by atoms with van der Waals surface area (Å²) in [4.78, 5) is 0.456. The van der Waals surface area contributed by atoms with E-state index in [1.54, 1.807) is 24.3 Å². The average Bonchev–Trinajstić information content (AvgIpc) is 2.49. The second-order valence-corrected chi connectivity index (χ2v) is 8.19. The quantitative estimate of drug-likeness (QED) is 0.524. The molecular weight excluding hydrogens is 280 g/mol. The third-order valence-corrected chi connectivity index (χ3v) is 5.83. The molecule has 0 unspecified atom stereocenters. The van der Waals surface area contributed by atoms with Gasteiger partial charge in [-0.1, -0.05) is 77.0 Å². The molecule has 2 nitrogen and oxygen atoms in total. The van der Waals surface area contributed by atoms with E-state index >= 15 is 0 Å². The molecule has 0 aliphatic carbocycles. The molecule has 0 aliphatic heterocycles. The van der Waals surface area contributed by atoms with E-state index in [0.717, 1.165) is 25.2 Å². The Balaban J connectivity index is 2.19. The number of benzene rings is 1. The van der Waals surface area contributed by atoms with Gasteiger partial charge < -0.3 is 0 Å². The van der Waals surface area contributed by atoms with Crippen LogP contribution in [0.1, 0.15) is 65.2 Å². The number of unbranched alkanes of at least 4 members (excludes halogenated alkanes) is 4. The number of hydrogen-bond donors (Lipinski definition) is 0. The molecule has 0 radical (unpaired) electrons. The molecule has 0 saturated heterocycles. The Bertz CT molecular complexity index is 465. The zero-order valence-electron chi connectivity index (χ0n) is 13.6. The van der Waals surface area contributed by atoms with Crippen molar-refractivity contribution in [2.75, 3.05) is 5.75 Å². The van der Waals surface area contributed by atoms with Crippen LogP contribution < -0.4 is 0 Å². The van der Waals surface area contributed by atoms with Gasteiger partial charge in [0.15, 0.2) is 9.84 Å². The highest BCUT2D eigenvalue weighted by atomic mass is 32.2. The van der Waals surface area contributed by atoms with Crippen LogP contribution in [0.25, 0.3) is 0 Å². The van der Waals surface area contributed by atoms with Crippen LogP contribution in [-0.4, -0.2) is 14.2 Å². The predicted molar refractivity (Wildman–Crippen MR) is 90.3 cm³/mol. The number of rotatable bonds is 11. The minimum atomic E-state index is -3.08. The van der Waals surface area contributed by atoms with Crippen molar-refractivity contribution in [3.8, 4) is 0 Å². The molecule has 0 amide bonds. The first-order valence-corrected chi connectivity index (χ1v) is 9.99. The van der Waals surface area contributed by atoms with E-state index in [-0.39, 0.29) is 5.75 Å². The van der Waals surface area contributed by atoms with Crippen molar-refractivity contribution >= 4 is 9.84 Å². The first kappa shape index (κ1) is 18.2. The van der Waals surface area contributed by atoms with Gasteiger partial charge in [0.05, 0.1) is 10.6 Å². The van der Waals surface area contributed by atoms with Crippen LogP contribution >= 0.6 is 0 Å². The summed E-state index contributed by atoms with van der Waals surface area (Å²) in [6.45, 7) is 4.52. The highest BCUT2D eigenvalue weighted by Gasteiger charge is 2.13. The molecule has 0 fully saturated rings. The molecule has 1 atom stereocenters. The molecule has 0 aliphatic rings. The summed E-state index contributed by atoms with van der Waals surface area (Å²) in [7, 11) is -3.08. The fraction of sp³-hybridized carbons (Fsp3) is 0.667. The minimum Gasteiger partial charge on any atom is -0.224 e. The standard InChI is InChI=1S/C18H30O2S/c1-3-4-5-7-12-17(2)13-10-11-16-21(19,20)18-14-8-6-9-15-18/h6,8-9,14-15,17H,3-5,7,10-13,16H2,1-2H3/t17-/m0/s1. The van der Waals surface area contributed by atoms with E-state index in [1.807, 2.05) is 6.07 Å². The summed E-state index contributed by atoms with van der Waals surface area (Å²) in [6.07, 6.45) is 9.49. The smallest absolute Gasteiger partial charge is 0.178 e. The Hall–Kier alpha value is -0.830. The Kier molecular flexibility index (Phi) is 8.67. The lowest BCUT2D eigenvalue weighted by atomic mass is 9.97. The summed E-state index contributed by atoms with van der Waals surface area (Å²) in [5.74, 6) is 1.00. The largest absolute Gasteiger partial charge is 0.224 e. The molecule has 120 valence electrons. The summed E-state index contributed by atoms with van der Waals surface area (Å²) >= 11 is 0. The van der Waals surface area contributed by atoms with Crippen LogP contribution in [0.15, 0.2) is 35.2 Å². The lowest BCUT2D eigenvalue weighted by molar-refractivity contribution is 0.444. The summed E-state index contributed by atoms with van der Waals surface area (Å²) in [5.41, 5.74) is 0. The molecule has 0 heterocycles. The maximum Gasteiger partial charge on any atom is 0.178 e. The van der Waals surface area contributed by atoms with Crippen LogP contribution in [0, 0.1) is 5.92 Å².